The van der Waals surface area contributed by atoms with E-state index < -0.39 is 10.8 Å². The number of ketones is 1. The molecule has 0 aliphatic heterocycles. The van der Waals surface area contributed by atoms with Crippen LogP contribution in [0.5, 0.6) is 5.75 Å². The lowest BCUT2D eigenvalue weighted by atomic mass is 10.1. The van der Waals surface area contributed by atoms with E-state index in [0.717, 1.165) is 0 Å². The summed E-state index contributed by atoms with van der Waals surface area (Å²) < 4.78 is 17.5. The molecule has 0 fully saturated rings. The largest absolute Gasteiger partial charge is 0.495 e. The molecule has 4 heteroatoms. The lowest BCUT2D eigenvalue weighted by molar-refractivity contribution is 0.0982. The fourth-order valence-corrected chi connectivity index (χ4v) is 3.28. The number of Topliss-reactive ketones (excluding diaryl/α,β-unsaturated/α-hetero) is 1. The molecule has 1 unspecified atom stereocenters. The van der Waals surface area contributed by atoms with Crippen LogP contribution < -0.4 is 4.74 Å². The number of carbonyl (C=O) groups is 1. The zero-order chi connectivity index (χ0) is 15.1. The molecule has 1 atom stereocenters. The van der Waals surface area contributed by atoms with E-state index in [1.165, 1.54) is 0 Å². The first-order valence-corrected chi connectivity index (χ1v) is 8.14. The molecule has 0 saturated carbocycles. The zero-order valence-electron chi connectivity index (χ0n) is 12.0. The summed E-state index contributed by atoms with van der Waals surface area (Å²) in [5.74, 6) is 1.18. The predicted octanol–water partition coefficient (Wildman–Crippen LogP) is 3.47. The van der Waals surface area contributed by atoms with Gasteiger partial charge in [-0.2, -0.15) is 0 Å². The number of carbonyl (C=O) groups excluding carboxylic acids is 1. The Balaban J connectivity index is 1.89. The van der Waals surface area contributed by atoms with E-state index in [1.807, 2.05) is 30.3 Å². The van der Waals surface area contributed by atoms with E-state index in [2.05, 4.69) is 0 Å². The van der Waals surface area contributed by atoms with Gasteiger partial charge in [0.15, 0.2) is 5.78 Å². The van der Waals surface area contributed by atoms with Gasteiger partial charge in [-0.15, -0.1) is 0 Å². The standard InChI is InChI=1S/C17H18O3S/c1-20-16-11-5-6-12-17(16)21(19)13-7-10-15(18)14-8-3-2-4-9-14/h2-6,8-9,11-12H,7,10,13H2,1H3. The van der Waals surface area contributed by atoms with Crippen LogP contribution in [-0.2, 0) is 10.8 Å². The maximum absolute atomic E-state index is 12.3. The van der Waals surface area contributed by atoms with Crippen molar-refractivity contribution in [2.24, 2.45) is 0 Å². The Bertz CT molecular complexity index is 623. The first-order chi connectivity index (χ1) is 10.2. The molecular formula is C17H18O3S. The third kappa shape index (κ3) is 4.26. The highest BCUT2D eigenvalue weighted by molar-refractivity contribution is 7.85. The Hall–Kier alpha value is -1.94. The molecule has 0 radical (unpaired) electrons. The fourth-order valence-electron chi connectivity index (χ4n) is 2.05. The van der Waals surface area contributed by atoms with Gasteiger partial charge in [0.2, 0.25) is 0 Å². The van der Waals surface area contributed by atoms with Crippen molar-refractivity contribution in [3.63, 3.8) is 0 Å². The zero-order valence-corrected chi connectivity index (χ0v) is 12.8. The number of hydrogen-bond donors (Lipinski definition) is 0. The van der Waals surface area contributed by atoms with Gasteiger partial charge in [0.1, 0.15) is 5.75 Å². The fraction of sp³-hybridized carbons (Fsp3) is 0.235. The number of ether oxygens (including phenoxy) is 1. The molecular weight excluding hydrogens is 284 g/mol. The molecule has 0 saturated heterocycles. The van der Waals surface area contributed by atoms with Crippen molar-refractivity contribution in [2.45, 2.75) is 17.7 Å². The minimum atomic E-state index is -1.14. The van der Waals surface area contributed by atoms with E-state index in [9.17, 15) is 9.00 Å². The summed E-state index contributed by atoms with van der Waals surface area (Å²) in [6, 6.07) is 16.5. The molecule has 0 heterocycles. The average Bonchev–Trinajstić information content (AvgIpc) is 2.55. The van der Waals surface area contributed by atoms with Gasteiger partial charge in [0.25, 0.3) is 0 Å². The van der Waals surface area contributed by atoms with Crippen LogP contribution in [0, 0.1) is 0 Å². The van der Waals surface area contributed by atoms with Crippen LogP contribution in [0.1, 0.15) is 23.2 Å². The first kappa shape index (κ1) is 15.4. The molecule has 2 rings (SSSR count). The average molecular weight is 302 g/mol. The summed E-state index contributed by atoms with van der Waals surface area (Å²) in [7, 11) is 0.420. The number of para-hydroxylation sites is 1. The first-order valence-electron chi connectivity index (χ1n) is 6.82. The second-order valence-electron chi connectivity index (χ2n) is 4.59. The molecule has 110 valence electrons. The van der Waals surface area contributed by atoms with Gasteiger partial charge in [-0.05, 0) is 18.6 Å². The minimum absolute atomic E-state index is 0.0904. The summed E-state index contributed by atoms with van der Waals surface area (Å²) in [4.78, 5) is 12.6. The van der Waals surface area contributed by atoms with Gasteiger partial charge in [-0.3, -0.25) is 9.00 Å². The highest BCUT2D eigenvalue weighted by Gasteiger charge is 2.11. The normalized spacial score (nSPS) is 11.9. The van der Waals surface area contributed by atoms with Crippen LogP contribution in [0.4, 0.5) is 0 Å². The van der Waals surface area contributed by atoms with Crippen LogP contribution in [0.3, 0.4) is 0 Å². The van der Waals surface area contributed by atoms with Crippen molar-refractivity contribution in [1.29, 1.82) is 0 Å². The SMILES string of the molecule is COc1ccccc1S(=O)CCCC(=O)c1ccccc1. The van der Waals surface area contributed by atoms with Gasteiger partial charge < -0.3 is 4.74 Å². The van der Waals surface area contributed by atoms with Crippen LogP contribution in [-0.4, -0.2) is 22.9 Å². The summed E-state index contributed by atoms with van der Waals surface area (Å²) >= 11 is 0. The Labute approximate surface area is 127 Å². The van der Waals surface area contributed by atoms with E-state index in [0.29, 0.717) is 34.8 Å². The molecule has 3 nitrogen and oxygen atoms in total. The van der Waals surface area contributed by atoms with E-state index >= 15 is 0 Å². The monoisotopic (exact) mass is 302 g/mol. The molecule has 21 heavy (non-hydrogen) atoms. The van der Waals surface area contributed by atoms with Crippen LogP contribution in [0.15, 0.2) is 59.5 Å². The predicted molar refractivity (Wildman–Crippen MR) is 84.3 cm³/mol. The molecule has 0 bridgehead atoms. The quantitative estimate of drug-likeness (QED) is 0.736. The Kier molecular flexibility index (Phi) is 5.69. The van der Waals surface area contributed by atoms with Crippen LogP contribution in [0.25, 0.3) is 0 Å². The van der Waals surface area contributed by atoms with Gasteiger partial charge >= 0.3 is 0 Å². The molecule has 2 aromatic carbocycles. The maximum atomic E-state index is 12.3. The Morgan fingerprint density at radius 2 is 1.71 bits per heavy atom. The van der Waals surface area contributed by atoms with Crippen molar-refractivity contribution in [2.75, 3.05) is 12.9 Å². The summed E-state index contributed by atoms with van der Waals surface area (Å²) in [5, 5.41) is 0. The smallest absolute Gasteiger partial charge is 0.162 e. The summed E-state index contributed by atoms with van der Waals surface area (Å²) in [6.07, 6.45) is 1.00. The third-order valence-corrected chi connectivity index (χ3v) is 4.63. The minimum Gasteiger partial charge on any atom is -0.495 e. The number of rotatable bonds is 7. The molecule has 0 spiro atoms. The van der Waals surface area contributed by atoms with Gasteiger partial charge in [0.05, 0.1) is 22.8 Å². The maximum Gasteiger partial charge on any atom is 0.162 e. The van der Waals surface area contributed by atoms with Crippen molar-refractivity contribution < 1.29 is 13.7 Å². The van der Waals surface area contributed by atoms with Crippen LogP contribution in [0.2, 0.25) is 0 Å². The van der Waals surface area contributed by atoms with Crippen molar-refractivity contribution in [3.05, 3.63) is 60.2 Å². The van der Waals surface area contributed by atoms with E-state index in [-0.39, 0.29) is 5.78 Å². The number of benzene rings is 2. The van der Waals surface area contributed by atoms with Gasteiger partial charge in [-0.25, -0.2) is 0 Å². The number of hydrogen-bond acceptors (Lipinski definition) is 3. The topological polar surface area (TPSA) is 43.4 Å². The van der Waals surface area contributed by atoms with E-state index in [4.69, 9.17) is 4.74 Å². The van der Waals surface area contributed by atoms with Gasteiger partial charge in [0, 0.05) is 17.7 Å². The lowest BCUT2D eigenvalue weighted by Gasteiger charge is -2.07. The summed E-state index contributed by atoms with van der Waals surface area (Å²) in [6.45, 7) is 0. The van der Waals surface area contributed by atoms with E-state index in [1.54, 1.807) is 31.4 Å². The molecule has 0 aliphatic carbocycles. The Morgan fingerprint density at radius 3 is 2.43 bits per heavy atom. The molecule has 0 aromatic heterocycles. The second-order valence-corrected chi connectivity index (χ2v) is 6.13. The molecule has 0 N–H and O–H groups in total. The lowest BCUT2D eigenvalue weighted by Crippen LogP contribution is -2.04. The molecule has 0 aliphatic rings. The molecule has 0 amide bonds. The van der Waals surface area contributed by atoms with Gasteiger partial charge in [-0.1, -0.05) is 42.5 Å². The Morgan fingerprint density at radius 1 is 1.05 bits per heavy atom. The molecule has 2 aromatic rings. The van der Waals surface area contributed by atoms with Crippen molar-refractivity contribution in [1.82, 2.24) is 0 Å². The number of methoxy groups -OCH3 is 1. The summed E-state index contributed by atoms with van der Waals surface area (Å²) in [5.41, 5.74) is 0.709. The highest BCUT2D eigenvalue weighted by Crippen LogP contribution is 2.22. The second kappa shape index (κ2) is 7.74. The van der Waals surface area contributed by atoms with Crippen molar-refractivity contribution in [3.8, 4) is 5.75 Å². The van der Waals surface area contributed by atoms with Crippen molar-refractivity contribution >= 4 is 16.6 Å². The van der Waals surface area contributed by atoms with Crippen LogP contribution >= 0.6 is 0 Å². The third-order valence-electron chi connectivity index (χ3n) is 3.14. The highest BCUT2D eigenvalue weighted by atomic mass is 32.2.